The third-order valence-corrected chi connectivity index (χ3v) is 3.89. The zero-order chi connectivity index (χ0) is 13.4. The van der Waals surface area contributed by atoms with Crippen molar-refractivity contribution in [2.45, 2.75) is 19.4 Å². The molecule has 2 heterocycles. The number of nitrogens with one attached hydrogen (secondary N) is 1. The van der Waals surface area contributed by atoms with Crippen molar-refractivity contribution in [2.24, 2.45) is 0 Å². The highest BCUT2D eigenvalue weighted by molar-refractivity contribution is 5.90. The van der Waals surface area contributed by atoms with Crippen LogP contribution < -0.4 is 0 Å². The Morgan fingerprint density at radius 3 is 2.89 bits per heavy atom. The quantitative estimate of drug-likeness (QED) is 0.913. The first-order chi connectivity index (χ1) is 9.19. The van der Waals surface area contributed by atoms with Gasteiger partial charge in [0.05, 0.1) is 12.5 Å². The first-order valence-corrected chi connectivity index (χ1v) is 6.56. The molecular formula is C15H18N2O2. The molecule has 1 aliphatic heterocycles. The smallest absolute Gasteiger partial charge is 0.227 e. The van der Waals surface area contributed by atoms with Crippen LogP contribution in [0.25, 0.3) is 10.9 Å². The molecule has 4 nitrogen and oxygen atoms in total. The topological polar surface area (TPSA) is 45.3 Å². The third kappa shape index (κ3) is 2.12. The van der Waals surface area contributed by atoms with Gasteiger partial charge in [0.2, 0.25) is 5.91 Å². The highest BCUT2D eigenvalue weighted by Gasteiger charge is 2.30. The Hall–Kier alpha value is -1.81. The maximum atomic E-state index is 12.2. The number of para-hydroxylation sites is 1. The Bertz CT molecular complexity index is 612. The Balaban J connectivity index is 1.78. The minimum absolute atomic E-state index is 0.182. The van der Waals surface area contributed by atoms with E-state index in [1.54, 1.807) is 7.11 Å². The number of fused-ring (bicyclic) bond motifs is 1. The molecule has 3 rings (SSSR count). The molecule has 1 fully saturated rings. The predicted octanol–water partition coefficient (Wildman–Crippen LogP) is 1.88. The van der Waals surface area contributed by atoms with Crippen LogP contribution in [0.15, 0.2) is 24.3 Å². The van der Waals surface area contributed by atoms with Crippen molar-refractivity contribution < 1.29 is 9.53 Å². The molecule has 19 heavy (non-hydrogen) atoms. The predicted molar refractivity (Wildman–Crippen MR) is 74.1 cm³/mol. The van der Waals surface area contributed by atoms with E-state index in [4.69, 9.17) is 4.74 Å². The lowest BCUT2D eigenvalue weighted by atomic mass is 10.0. The second-order valence-electron chi connectivity index (χ2n) is 5.11. The third-order valence-electron chi connectivity index (χ3n) is 3.89. The molecule has 1 N–H and O–H groups in total. The van der Waals surface area contributed by atoms with Crippen molar-refractivity contribution >= 4 is 16.8 Å². The fourth-order valence-electron chi connectivity index (χ4n) is 2.62. The molecule has 100 valence electrons. The van der Waals surface area contributed by atoms with Gasteiger partial charge in [-0.3, -0.25) is 4.79 Å². The van der Waals surface area contributed by atoms with Gasteiger partial charge in [0.1, 0.15) is 0 Å². The molecule has 0 atom stereocenters. The minimum Gasteiger partial charge on any atom is -0.378 e. The lowest BCUT2D eigenvalue weighted by molar-refractivity contribution is -0.142. The average molecular weight is 258 g/mol. The van der Waals surface area contributed by atoms with Gasteiger partial charge < -0.3 is 14.6 Å². The zero-order valence-corrected chi connectivity index (χ0v) is 11.3. The van der Waals surface area contributed by atoms with Crippen LogP contribution in [0.3, 0.4) is 0 Å². The molecule has 1 aliphatic rings. The van der Waals surface area contributed by atoms with Gasteiger partial charge in [0.25, 0.3) is 0 Å². The second-order valence-corrected chi connectivity index (χ2v) is 5.11. The normalized spacial score (nSPS) is 15.8. The number of H-pyrrole nitrogens is 1. The van der Waals surface area contributed by atoms with Crippen LogP contribution in [0, 0.1) is 6.92 Å². The van der Waals surface area contributed by atoms with Gasteiger partial charge in [-0.1, -0.05) is 18.2 Å². The number of amides is 1. The van der Waals surface area contributed by atoms with E-state index in [1.807, 2.05) is 30.0 Å². The molecule has 1 aromatic heterocycles. The van der Waals surface area contributed by atoms with Crippen LogP contribution in [0.5, 0.6) is 0 Å². The summed E-state index contributed by atoms with van der Waals surface area (Å²) >= 11 is 0. The van der Waals surface area contributed by atoms with Gasteiger partial charge in [-0.05, 0) is 18.6 Å². The average Bonchev–Trinajstić information content (AvgIpc) is 2.65. The van der Waals surface area contributed by atoms with Crippen LogP contribution >= 0.6 is 0 Å². The van der Waals surface area contributed by atoms with Crippen molar-refractivity contribution in [1.29, 1.82) is 0 Å². The number of hydrogen-bond acceptors (Lipinski definition) is 2. The van der Waals surface area contributed by atoms with E-state index in [-0.39, 0.29) is 12.0 Å². The number of benzene rings is 1. The van der Waals surface area contributed by atoms with E-state index < -0.39 is 0 Å². The number of rotatable bonds is 3. The van der Waals surface area contributed by atoms with Gasteiger partial charge in [-0.25, -0.2) is 0 Å². The Labute approximate surface area is 112 Å². The Morgan fingerprint density at radius 1 is 1.42 bits per heavy atom. The molecule has 0 bridgehead atoms. The number of carbonyl (C=O) groups excluding carboxylic acids is 1. The molecule has 0 saturated carbocycles. The van der Waals surface area contributed by atoms with E-state index in [1.165, 1.54) is 0 Å². The molecule has 1 aromatic carbocycles. The molecule has 4 heteroatoms. The number of nitrogens with zero attached hydrogens (tertiary/aromatic N) is 1. The van der Waals surface area contributed by atoms with Gasteiger partial charge in [-0.2, -0.15) is 0 Å². The molecule has 1 saturated heterocycles. The summed E-state index contributed by atoms with van der Waals surface area (Å²) in [6, 6.07) is 8.12. The summed E-state index contributed by atoms with van der Waals surface area (Å²) in [4.78, 5) is 17.4. The number of ether oxygens (including phenoxy) is 1. The number of likely N-dealkylation sites (tertiary alicyclic amines) is 1. The van der Waals surface area contributed by atoms with Gasteiger partial charge in [-0.15, -0.1) is 0 Å². The van der Waals surface area contributed by atoms with Crippen LogP contribution in [-0.2, 0) is 16.0 Å². The lowest BCUT2D eigenvalue weighted by Gasteiger charge is -2.38. The first kappa shape index (κ1) is 12.2. The second kappa shape index (κ2) is 4.70. The number of carbonyl (C=O) groups is 1. The van der Waals surface area contributed by atoms with Crippen molar-refractivity contribution in [2.75, 3.05) is 20.2 Å². The summed E-state index contributed by atoms with van der Waals surface area (Å²) in [7, 11) is 1.69. The number of hydrogen-bond donors (Lipinski definition) is 1. The van der Waals surface area contributed by atoms with Crippen LogP contribution in [0.4, 0.5) is 0 Å². The van der Waals surface area contributed by atoms with E-state index in [0.29, 0.717) is 6.42 Å². The van der Waals surface area contributed by atoms with Crippen molar-refractivity contribution in [3.8, 4) is 0 Å². The van der Waals surface area contributed by atoms with Crippen LogP contribution in [0.2, 0.25) is 0 Å². The first-order valence-electron chi connectivity index (χ1n) is 6.56. The maximum absolute atomic E-state index is 12.2. The summed E-state index contributed by atoms with van der Waals surface area (Å²) in [6.45, 7) is 3.46. The maximum Gasteiger partial charge on any atom is 0.227 e. The summed E-state index contributed by atoms with van der Waals surface area (Å²) < 4.78 is 5.20. The SMILES string of the molecule is COC1CN(C(=O)Cc2c(C)[nH]c3ccccc23)C1. The minimum atomic E-state index is 0.182. The zero-order valence-electron chi connectivity index (χ0n) is 11.3. The van der Waals surface area contributed by atoms with Crippen molar-refractivity contribution in [3.63, 3.8) is 0 Å². The molecule has 0 radical (unpaired) electrons. The Morgan fingerprint density at radius 2 is 2.16 bits per heavy atom. The van der Waals surface area contributed by atoms with E-state index >= 15 is 0 Å². The van der Waals surface area contributed by atoms with Crippen LogP contribution in [0.1, 0.15) is 11.3 Å². The number of methoxy groups -OCH3 is 1. The van der Waals surface area contributed by atoms with Crippen molar-refractivity contribution in [1.82, 2.24) is 9.88 Å². The summed E-state index contributed by atoms with van der Waals surface area (Å²) in [6.07, 6.45) is 0.680. The summed E-state index contributed by atoms with van der Waals surface area (Å²) in [5.74, 6) is 0.182. The molecule has 0 spiro atoms. The number of aryl methyl sites for hydroxylation is 1. The standard InChI is InChI=1S/C15H18N2O2/c1-10-13(12-5-3-4-6-14(12)16-10)7-15(18)17-8-11(9-17)19-2/h3-6,11,16H,7-9H2,1-2H3. The van der Waals surface area contributed by atoms with Gasteiger partial charge >= 0.3 is 0 Å². The molecule has 2 aromatic rings. The molecule has 0 aliphatic carbocycles. The van der Waals surface area contributed by atoms with Gasteiger partial charge in [0.15, 0.2) is 0 Å². The van der Waals surface area contributed by atoms with E-state index in [9.17, 15) is 4.79 Å². The van der Waals surface area contributed by atoms with E-state index in [2.05, 4.69) is 11.1 Å². The largest absolute Gasteiger partial charge is 0.378 e. The summed E-state index contributed by atoms with van der Waals surface area (Å²) in [5.41, 5.74) is 3.29. The van der Waals surface area contributed by atoms with Crippen LogP contribution in [-0.4, -0.2) is 42.1 Å². The van der Waals surface area contributed by atoms with E-state index in [0.717, 1.165) is 35.2 Å². The number of aromatic nitrogens is 1. The molecule has 1 amide bonds. The lowest BCUT2D eigenvalue weighted by Crippen LogP contribution is -2.54. The highest BCUT2D eigenvalue weighted by Crippen LogP contribution is 2.23. The molecule has 0 unspecified atom stereocenters. The summed E-state index contributed by atoms with van der Waals surface area (Å²) in [5, 5.41) is 1.15. The monoisotopic (exact) mass is 258 g/mol. The fraction of sp³-hybridized carbons (Fsp3) is 0.400. The highest BCUT2D eigenvalue weighted by atomic mass is 16.5. The van der Waals surface area contributed by atoms with Crippen molar-refractivity contribution in [3.05, 3.63) is 35.5 Å². The fourth-order valence-corrected chi connectivity index (χ4v) is 2.62. The Kier molecular flexibility index (Phi) is 3.03. The molecular weight excluding hydrogens is 240 g/mol. The van der Waals surface area contributed by atoms with Gasteiger partial charge in [0, 0.05) is 36.8 Å². The number of aromatic amines is 1.